The van der Waals surface area contributed by atoms with Crippen LogP contribution in [-0.2, 0) is 10.0 Å². The minimum absolute atomic E-state index is 0.0360. The molecule has 0 aliphatic carbocycles. The predicted molar refractivity (Wildman–Crippen MR) is 109 cm³/mol. The van der Waals surface area contributed by atoms with Crippen molar-refractivity contribution >= 4 is 15.7 Å². The van der Waals surface area contributed by atoms with Gasteiger partial charge in [-0.3, -0.25) is 4.72 Å². The quantitative estimate of drug-likeness (QED) is 0.637. The summed E-state index contributed by atoms with van der Waals surface area (Å²) in [4.78, 5) is 0.0360. The number of sulfonamides is 1. The summed E-state index contributed by atoms with van der Waals surface area (Å²) in [6.45, 7) is 7.89. The van der Waals surface area contributed by atoms with E-state index in [2.05, 4.69) is 23.7 Å². The maximum absolute atomic E-state index is 13.0. The first kappa shape index (κ1) is 19.9. The number of aromatic nitrogens is 1. The lowest BCUT2D eigenvalue weighted by molar-refractivity contribution is 0.402. The fourth-order valence-electron chi connectivity index (χ4n) is 2.86. The number of aryl methyl sites for hydroxylation is 1. The molecular formula is C21H24N2O4S. The number of anilines is 1. The van der Waals surface area contributed by atoms with Crippen LogP contribution in [0.3, 0.4) is 0 Å². The van der Waals surface area contributed by atoms with Gasteiger partial charge in [0.2, 0.25) is 0 Å². The zero-order valence-corrected chi connectivity index (χ0v) is 17.4. The molecular weight excluding hydrogens is 376 g/mol. The van der Waals surface area contributed by atoms with Crippen LogP contribution in [0.5, 0.6) is 5.75 Å². The van der Waals surface area contributed by atoms with Gasteiger partial charge in [-0.15, -0.1) is 0 Å². The Morgan fingerprint density at radius 2 is 1.75 bits per heavy atom. The van der Waals surface area contributed by atoms with Gasteiger partial charge in [0.15, 0.2) is 5.76 Å². The standard InChI is InChI=1S/C21H24N2O4S/c1-13(2)16-6-9-18(10-7-16)23-28(24,25)20-12-17(8-11-19(20)26-5)21-14(3)15(4)22-27-21/h6-13,23H,1-5H3. The number of hydrogen-bond donors (Lipinski definition) is 1. The molecule has 7 heteroatoms. The van der Waals surface area contributed by atoms with Crippen LogP contribution in [0, 0.1) is 13.8 Å². The molecule has 0 saturated heterocycles. The second kappa shape index (κ2) is 7.67. The van der Waals surface area contributed by atoms with Gasteiger partial charge in [-0.05, 0) is 55.7 Å². The third kappa shape index (κ3) is 3.89. The average Bonchev–Trinajstić information content (AvgIpc) is 3.00. The summed E-state index contributed by atoms with van der Waals surface area (Å²) >= 11 is 0. The van der Waals surface area contributed by atoms with E-state index in [4.69, 9.17) is 9.26 Å². The Morgan fingerprint density at radius 1 is 1.07 bits per heavy atom. The molecule has 0 radical (unpaired) electrons. The molecule has 0 amide bonds. The van der Waals surface area contributed by atoms with E-state index in [1.807, 2.05) is 26.0 Å². The molecule has 1 N–H and O–H groups in total. The molecule has 1 aromatic heterocycles. The SMILES string of the molecule is COc1ccc(-c2onc(C)c2C)cc1S(=O)(=O)Nc1ccc(C(C)C)cc1. The highest BCUT2D eigenvalue weighted by atomic mass is 32.2. The van der Waals surface area contributed by atoms with E-state index in [-0.39, 0.29) is 10.6 Å². The summed E-state index contributed by atoms with van der Waals surface area (Å²) < 4.78 is 39.3. The van der Waals surface area contributed by atoms with Gasteiger partial charge in [-0.25, -0.2) is 8.42 Å². The lowest BCUT2D eigenvalue weighted by atomic mass is 10.0. The summed E-state index contributed by atoms with van der Waals surface area (Å²) in [5.74, 6) is 1.16. The second-order valence-electron chi connectivity index (χ2n) is 6.97. The van der Waals surface area contributed by atoms with Crippen molar-refractivity contribution in [1.82, 2.24) is 5.16 Å². The Hall–Kier alpha value is -2.80. The molecule has 28 heavy (non-hydrogen) atoms. The van der Waals surface area contributed by atoms with Crippen LogP contribution in [0.1, 0.15) is 36.6 Å². The average molecular weight is 401 g/mol. The van der Waals surface area contributed by atoms with Crippen molar-refractivity contribution in [3.05, 3.63) is 59.3 Å². The Morgan fingerprint density at radius 3 is 2.29 bits per heavy atom. The lowest BCUT2D eigenvalue weighted by Crippen LogP contribution is -2.14. The summed E-state index contributed by atoms with van der Waals surface area (Å²) in [6.07, 6.45) is 0. The topological polar surface area (TPSA) is 81.4 Å². The number of methoxy groups -OCH3 is 1. The highest BCUT2D eigenvalue weighted by Crippen LogP contribution is 2.33. The maximum atomic E-state index is 13.0. The van der Waals surface area contributed by atoms with Gasteiger partial charge in [-0.2, -0.15) is 0 Å². The van der Waals surface area contributed by atoms with Gasteiger partial charge < -0.3 is 9.26 Å². The Kier molecular flexibility index (Phi) is 5.47. The van der Waals surface area contributed by atoms with E-state index in [1.54, 1.807) is 24.3 Å². The van der Waals surface area contributed by atoms with Crippen molar-refractivity contribution in [1.29, 1.82) is 0 Å². The normalized spacial score (nSPS) is 11.6. The van der Waals surface area contributed by atoms with Crippen molar-refractivity contribution in [2.75, 3.05) is 11.8 Å². The third-order valence-corrected chi connectivity index (χ3v) is 6.10. The van der Waals surface area contributed by atoms with Gasteiger partial charge in [0.25, 0.3) is 10.0 Å². The molecule has 0 unspecified atom stereocenters. The molecule has 2 aromatic carbocycles. The van der Waals surface area contributed by atoms with Crippen LogP contribution in [-0.4, -0.2) is 20.7 Å². The molecule has 0 fully saturated rings. The van der Waals surface area contributed by atoms with E-state index in [0.29, 0.717) is 22.9 Å². The van der Waals surface area contributed by atoms with Gasteiger partial charge in [0, 0.05) is 16.8 Å². The van der Waals surface area contributed by atoms with Crippen LogP contribution in [0.15, 0.2) is 51.9 Å². The molecule has 0 spiro atoms. The van der Waals surface area contributed by atoms with E-state index in [1.165, 1.54) is 13.2 Å². The van der Waals surface area contributed by atoms with E-state index >= 15 is 0 Å². The first-order chi connectivity index (χ1) is 13.2. The van der Waals surface area contributed by atoms with Crippen LogP contribution >= 0.6 is 0 Å². The number of nitrogens with zero attached hydrogens (tertiary/aromatic N) is 1. The third-order valence-electron chi connectivity index (χ3n) is 4.70. The molecule has 3 aromatic rings. The number of nitrogens with one attached hydrogen (secondary N) is 1. The summed E-state index contributed by atoms with van der Waals surface area (Å²) in [6, 6.07) is 12.2. The molecule has 0 bridgehead atoms. The van der Waals surface area contributed by atoms with E-state index < -0.39 is 10.0 Å². The first-order valence-corrected chi connectivity index (χ1v) is 10.5. The number of hydrogen-bond acceptors (Lipinski definition) is 5. The van der Waals surface area contributed by atoms with Crippen LogP contribution in [0.4, 0.5) is 5.69 Å². The monoisotopic (exact) mass is 400 g/mol. The maximum Gasteiger partial charge on any atom is 0.265 e. The van der Waals surface area contributed by atoms with Crippen LogP contribution < -0.4 is 9.46 Å². The van der Waals surface area contributed by atoms with Gasteiger partial charge >= 0.3 is 0 Å². The largest absolute Gasteiger partial charge is 0.495 e. The van der Waals surface area contributed by atoms with E-state index in [0.717, 1.165) is 16.8 Å². The van der Waals surface area contributed by atoms with Gasteiger partial charge in [0.1, 0.15) is 10.6 Å². The molecule has 6 nitrogen and oxygen atoms in total. The van der Waals surface area contributed by atoms with Crippen LogP contribution in [0.2, 0.25) is 0 Å². The van der Waals surface area contributed by atoms with Gasteiger partial charge in [-0.1, -0.05) is 31.1 Å². The molecule has 3 rings (SSSR count). The number of rotatable bonds is 6. The predicted octanol–water partition coefficient (Wildman–Crippen LogP) is 4.89. The van der Waals surface area contributed by atoms with Crippen molar-refractivity contribution in [2.24, 2.45) is 0 Å². The zero-order valence-electron chi connectivity index (χ0n) is 16.6. The molecule has 0 aliphatic heterocycles. The van der Waals surface area contributed by atoms with Crippen molar-refractivity contribution in [3.63, 3.8) is 0 Å². The number of benzene rings is 2. The van der Waals surface area contributed by atoms with Crippen molar-refractivity contribution in [2.45, 2.75) is 38.5 Å². The number of ether oxygens (including phenoxy) is 1. The Bertz CT molecular complexity index is 1080. The van der Waals surface area contributed by atoms with Crippen molar-refractivity contribution < 1.29 is 17.7 Å². The summed E-state index contributed by atoms with van der Waals surface area (Å²) in [5, 5.41) is 3.95. The first-order valence-electron chi connectivity index (χ1n) is 8.97. The molecule has 0 aliphatic rings. The summed E-state index contributed by atoms with van der Waals surface area (Å²) in [7, 11) is -2.42. The van der Waals surface area contributed by atoms with Gasteiger partial charge in [0.05, 0.1) is 12.8 Å². The van der Waals surface area contributed by atoms with Crippen LogP contribution in [0.25, 0.3) is 11.3 Å². The highest BCUT2D eigenvalue weighted by Gasteiger charge is 2.22. The molecule has 1 heterocycles. The zero-order chi connectivity index (χ0) is 20.5. The Labute approximate surface area is 165 Å². The van der Waals surface area contributed by atoms with E-state index in [9.17, 15) is 8.42 Å². The minimum atomic E-state index is -3.86. The lowest BCUT2D eigenvalue weighted by Gasteiger charge is -2.13. The summed E-state index contributed by atoms with van der Waals surface area (Å²) in [5.41, 5.74) is 3.88. The second-order valence-corrected chi connectivity index (χ2v) is 8.62. The highest BCUT2D eigenvalue weighted by molar-refractivity contribution is 7.92. The molecule has 148 valence electrons. The minimum Gasteiger partial charge on any atom is -0.495 e. The molecule has 0 saturated carbocycles. The van der Waals surface area contributed by atoms with Crippen molar-refractivity contribution in [3.8, 4) is 17.1 Å². The smallest absolute Gasteiger partial charge is 0.265 e. The fourth-order valence-corrected chi connectivity index (χ4v) is 4.11. The Balaban J connectivity index is 2.00. The molecule has 0 atom stereocenters. The fraction of sp³-hybridized carbons (Fsp3) is 0.286.